The molecule has 0 aliphatic carbocycles. The molecular formula is C11H16N2O2. The van der Waals surface area contributed by atoms with Crippen molar-refractivity contribution in [3.05, 3.63) is 17.5 Å². The number of hydrogen-bond acceptors (Lipinski definition) is 3. The molecule has 0 aliphatic heterocycles. The van der Waals surface area contributed by atoms with E-state index in [0.717, 1.165) is 11.4 Å². The zero-order valence-electron chi connectivity index (χ0n) is 9.57. The van der Waals surface area contributed by atoms with Gasteiger partial charge in [0.2, 0.25) is 0 Å². The highest BCUT2D eigenvalue weighted by Crippen LogP contribution is 2.08. The standard InChI is InChI=1S/C11H16N2O2/c1-5-10(14)9(4)11(15)13-8(3)6-7(2)12-13/h6,9H,5H2,1-4H3. The highest BCUT2D eigenvalue weighted by Gasteiger charge is 2.23. The summed E-state index contributed by atoms with van der Waals surface area (Å²) in [7, 11) is 0. The molecule has 0 N–H and O–H groups in total. The van der Waals surface area contributed by atoms with Gasteiger partial charge in [-0.15, -0.1) is 0 Å². The molecule has 0 spiro atoms. The second-order valence-corrected chi connectivity index (χ2v) is 3.72. The third-order valence-electron chi connectivity index (χ3n) is 2.42. The molecule has 4 nitrogen and oxygen atoms in total. The van der Waals surface area contributed by atoms with E-state index in [-0.39, 0.29) is 11.7 Å². The Morgan fingerprint density at radius 3 is 2.47 bits per heavy atom. The van der Waals surface area contributed by atoms with Crippen molar-refractivity contribution >= 4 is 11.7 Å². The van der Waals surface area contributed by atoms with Gasteiger partial charge in [0.05, 0.1) is 11.6 Å². The average molecular weight is 208 g/mol. The Bertz CT molecular complexity index is 393. The Hall–Kier alpha value is -1.45. The lowest BCUT2D eigenvalue weighted by Crippen LogP contribution is -2.27. The van der Waals surface area contributed by atoms with Crippen LogP contribution >= 0.6 is 0 Å². The lowest BCUT2D eigenvalue weighted by Gasteiger charge is -2.08. The largest absolute Gasteiger partial charge is 0.299 e. The maximum atomic E-state index is 11.9. The second kappa shape index (κ2) is 4.38. The van der Waals surface area contributed by atoms with Gasteiger partial charge in [0.15, 0.2) is 0 Å². The van der Waals surface area contributed by atoms with Crippen molar-refractivity contribution < 1.29 is 9.59 Å². The van der Waals surface area contributed by atoms with E-state index in [1.165, 1.54) is 4.68 Å². The number of aryl methyl sites for hydroxylation is 2. The van der Waals surface area contributed by atoms with Crippen LogP contribution in [0.2, 0.25) is 0 Å². The molecule has 0 amide bonds. The summed E-state index contributed by atoms with van der Waals surface area (Å²) in [6, 6.07) is 1.82. The molecule has 1 atom stereocenters. The van der Waals surface area contributed by atoms with Crippen molar-refractivity contribution in [2.75, 3.05) is 0 Å². The molecule has 1 rings (SSSR count). The summed E-state index contributed by atoms with van der Waals surface area (Å²) >= 11 is 0. The van der Waals surface area contributed by atoms with Crippen LogP contribution in [-0.4, -0.2) is 21.5 Å². The van der Waals surface area contributed by atoms with Crippen molar-refractivity contribution in [3.8, 4) is 0 Å². The van der Waals surface area contributed by atoms with Gasteiger partial charge in [-0.25, -0.2) is 4.68 Å². The van der Waals surface area contributed by atoms with Gasteiger partial charge in [-0.3, -0.25) is 9.59 Å². The molecule has 82 valence electrons. The van der Waals surface area contributed by atoms with Crippen molar-refractivity contribution in [2.24, 2.45) is 5.92 Å². The molecule has 1 aromatic rings. The van der Waals surface area contributed by atoms with Crippen LogP contribution in [0.1, 0.15) is 36.5 Å². The topological polar surface area (TPSA) is 52.0 Å². The Kier molecular flexibility index (Phi) is 3.39. The Balaban J connectivity index is 2.94. The Morgan fingerprint density at radius 1 is 1.47 bits per heavy atom. The quantitative estimate of drug-likeness (QED) is 0.711. The molecule has 0 bridgehead atoms. The van der Waals surface area contributed by atoms with E-state index >= 15 is 0 Å². The first-order valence-corrected chi connectivity index (χ1v) is 5.07. The Labute approximate surface area is 89.3 Å². The van der Waals surface area contributed by atoms with Crippen molar-refractivity contribution in [2.45, 2.75) is 34.1 Å². The lowest BCUT2D eigenvalue weighted by molar-refractivity contribution is -0.120. The van der Waals surface area contributed by atoms with E-state index in [2.05, 4.69) is 5.10 Å². The molecule has 0 saturated heterocycles. The number of hydrogen-bond donors (Lipinski definition) is 0. The number of ketones is 1. The summed E-state index contributed by atoms with van der Waals surface area (Å²) in [6.07, 6.45) is 0.381. The zero-order chi connectivity index (χ0) is 11.6. The summed E-state index contributed by atoms with van der Waals surface area (Å²) in [6.45, 7) is 7.02. The molecule has 4 heteroatoms. The number of carbonyl (C=O) groups excluding carboxylic acids is 2. The van der Waals surface area contributed by atoms with E-state index in [1.54, 1.807) is 20.8 Å². The van der Waals surface area contributed by atoms with Gasteiger partial charge in [-0.05, 0) is 26.8 Å². The van der Waals surface area contributed by atoms with E-state index in [0.29, 0.717) is 6.42 Å². The predicted octanol–water partition coefficient (Wildman–Crippen LogP) is 1.76. The first-order valence-electron chi connectivity index (χ1n) is 5.07. The molecule has 1 aromatic heterocycles. The van der Waals surface area contributed by atoms with Crippen molar-refractivity contribution in [1.29, 1.82) is 0 Å². The summed E-state index contributed by atoms with van der Waals surface area (Å²) in [5, 5.41) is 4.06. The predicted molar refractivity (Wildman–Crippen MR) is 56.8 cm³/mol. The number of Topliss-reactive ketones (excluding diaryl/α,β-unsaturated/α-hetero) is 1. The number of aromatic nitrogens is 2. The summed E-state index contributed by atoms with van der Waals surface area (Å²) in [5.41, 5.74) is 1.56. The van der Waals surface area contributed by atoms with Crippen LogP contribution in [0.4, 0.5) is 0 Å². The van der Waals surface area contributed by atoms with Crippen LogP contribution in [0.25, 0.3) is 0 Å². The average Bonchev–Trinajstić information content (AvgIpc) is 2.54. The third-order valence-corrected chi connectivity index (χ3v) is 2.42. The summed E-state index contributed by atoms with van der Waals surface area (Å²) in [5.74, 6) is -0.895. The van der Waals surface area contributed by atoms with Gasteiger partial charge in [0.1, 0.15) is 5.78 Å². The van der Waals surface area contributed by atoms with E-state index in [1.807, 2.05) is 13.0 Å². The van der Waals surface area contributed by atoms with Gasteiger partial charge in [-0.2, -0.15) is 5.10 Å². The molecule has 15 heavy (non-hydrogen) atoms. The summed E-state index contributed by atoms with van der Waals surface area (Å²) in [4.78, 5) is 23.2. The maximum absolute atomic E-state index is 11.9. The zero-order valence-corrected chi connectivity index (χ0v) is 9.57. The number of rotatable bonds is 3. The van der Waals surface area contributed by atoms with Crippen LogP contribution in [-0.2, 0) is 4.79 Å². The van der Waals surface area contributed by atoms with Crippen molar-refractivity contribution in [3.63, 3.8) is 0 Å². The molecule has 0 aromatic carbocycles. The highest BCUT2D eigenvalue weighted by atomic mass is 16.2. The monoisotopic (exact) mass is 208 g/mol. The van der Waals surface area contributed by atoms with Gasteiger partial charge < -0.3 is 0 Å². The van der Waals surface area contributed by atoms with Gasteiger partial charge in [0.25, 0.3) is 5.91 Å². The first kappa shape index (κ1) is 11.6. The van der Waals surface area contributed by atoms with Crippen LogP contribution < -0.4 is 0 Å². The molecule has 0 aliphatic rings. The molecule has 0 radical (unpaired) electrons. The van der Waals surface area contributed by atoms with Crippen LogP contribution in [0, 0.1) is 19.8 Å². The molecule has 0 fully saturated rings. The normalized spacial score (nSPS) is 12.5. The van der Waals surface area contributed by atoms with Gasteiger partial charge in [0, 0.05) is 12.1 Å². The Morgan fingerprint density at radius 2 is 2.07 bits per heavy atom. The van der Waals surface area contributed by atoms with E-state index in [9.17, 15) is 9.59 Å². The lowest BCUT2D eigenvalue weighted by atomic mass is 10.0. The number of nitrogens with zero attached hydrogens (tertiary/aromatic N) is 2. The molecule has 1 heterocycles. The minimum atomic E-state index is -0.604. The summed E-state index contributed by atoms with van der Waals surface area (Å²) < 4.78 is 1.31. The number of carbonyl (C=O) groups is 2. The van der Waals surface area contributed by atoms with Gasteiger partial charge in [-0.1, -0.05) is 6.92 Å². The van der Waals surface area contributed by atoms with Crippen LogP contribution in [0.5, 0.6) is 0 Å². The first-order chi connectivity index (χ1) is 6.97. The van der Waals surface area contributed by atoms with E-state index < -0.39 is 5.92 Å². The minimum Gasteiger partial charge on any atom is -0.299 e. The fourth-order valence-electron chi connectivity index (χ4n) is 1.48. The smallest absolute Gasteiger partial charge is 0.257 e. The second-order valence-electron chi connectivity index (χ2n) is 3.72. The minimum absolute atomic E-state index is 0.0486. The molecular weight excluding hydrogens is 192 g/mol. The highest BCUT2D eigenvalue weighted by molar-refractivity contribution is 6.01. The van der Waals surface area contributed by atoms with Crippen LogP contribution in [0.15, 0.2) is 6.07 Å². The maximum Gasteiger partial charge on any atom is 0.257 e. The van der Waals surface area contributed by atoms with E-state index in [4.69, 9.17) is 0 Å². The third kappa shape index (κ3) is 2.32. The fraction of sp³-hybridized carbons (Fsp3) is 0.545. The van der Waals surface area contributed by atoms with Crippen molar-refractivity contribution in [1.82, 2.24) is 9.78 Å². The molecule has 0 saturated carbocycles. The van der Waals surface area contributed by atoms with Crippen LogP contribution in [0.3, 0.4) is 0 Å². The van der Waals surface area contributed by atoms with Gasteiger partial charge >= 0.3 is 0 Å². The molecule has 1 unspecified atom stereocenters. The fourth-order valence-corrected chi connectivity index (χ4v) is 1.48. The SMILES string of the molecule is CCC(=O)C(C)C(=O)n1nc(C)cc1C.